The average molecular weight is 395 g/mol. The summed E-state index contributed by atoms with van der Waals surface area (Å²) in [5.74, 6) is 0.755. The Morgan fingerprint density at radius 2 is 1.96 bits per heavy atom. The minimum atomic E-state index is -3.82. The molecule has 0 saturated carbocycles. The van der Waals surface area contributed by atoms with Crippen molar-refractivity contribution in [2.45, 2.75) is 39.0 Å². The summed E-state index contributed by atoms with van der Waals surface area (Å²) in [5, 5.41) is 8.39. The summed E-state index contributed by atoms with van der Waals surface area (Å²) in [5.41, 5.74) is 2.76. The smallest absolute Gasteiger partial charge is 0.264 e. The highest BCUT2D eigenvalue weighted by Gasteiger charge is 2.26. The maximum Gasteiger partial charge on any atom is 0.264 e. The van der Waals surface area contributed by atoms with Gasteiger partial charge < -0.3 is 9.40 Å². The molecule has 0 atom stereocenters. The number of anilines is 1. The van der Waals surface area contributed by atoms with Crippen LogP contribution in [0.25, 0.3) is 11.6 Å². The summed E-state index contributed by atoms with van der Waals surface area (Å²) < 4.78 is 33.9. The lowest BCUT2D eigenvalue weighted by Crippen LogP contribution is -2.14. The molecule has 2 aromatic heterocycles. The first-order valence-corrected chi connectivity index (χ1v) is 9.90. The Morgan fingerprint density at radius 3 is 2.58 bits per heavy atom. The Bertz CT molecular complexity index is 1070. The number of hydrogen-bond donors (Lipinski definition) is 2. The Morgan fingerprint density at radius 1 is 1.23 bits per heavy atom. The van der Waals surface area contributed by atoms with Crippen molar-refractivity contribution in [2.75, 3.05) is 4.72 Å². The fourth-order valence-electron chi connectivity index (χ4n) is 2.71. The van der Waals surface area contributed by atoms with Crippen LogP contribution in [0.3, 0.4) is 0 Å². The molecule has 3 aromatic rings. The largest absolute Gasteiger partial charge is 0.419 e. The van der Waals surface area contributed by atoms with E-state index in [2.05, 4.69) is 19.9 Å². The molecule has 3 rings (SSSR count). The number of benzene rings is 1. The van der Waals surface area contributed by atoms with E-state index < -0.39 is 10.0 Å². The standard InChI is InChI=1S/C17H19ClN4O3S/c1-5-14-20-21-17(25-14)15-10(3)16(11(4)19-15)26(23,24)22-12-7-6-9(2)13(18)8-12/h6-8,19,22H,5H2,1-4H3. The number of nitrogens with one attached hydrogen (secondary N) is 2. The SMILES string of the molecule is CCc1nnc(-c2[nH]c(C)c(S(=O)(=O)Nc3ccc(C)c(Cl)c3)c2C)o1. The summed E-state index contributed by atoms with van der Waals surface area (Å²) in [4.78, 5) is 3.19. The Hall–Kier alpha value is -2.32. The minimum Gasteiger partial charge on any atom is -0.419 e. The number of sulfonamides is 1. The third-order valence-corrected chi connectivity index (χ3v) is 6.11. The maximum absolute atomic E-state index is 12.9. The summed E-state index contributed by atoms with van der Waals surface area (Å²) in [6, 6.07) is 5.01. The zero-order valence-electron chi connectivity index (χ0n) is 14.8. The highest BCUT2D eigenvalue weighted by molar-refractivity contribution is 7.92. The van der Waals surface area contributed by atoms with Gasteiger partial charge in [-0.05, 0) is 38.5 Å². The van der Waals surface area contributed by atoms with Crippen molar-refractivity contribution in [1.82, 2.24) is 15.2 Å². The molecule has 7 nitrogen and oxygen atoms in total. The van der Waals surface area contributed by atoms with Gasteiger partial charge in [0.25, 0.3) is 15.9 Å². The summed E-state index contributed by atoms with van der Waals surface area (Å²) >= 11 is 6.08. The van der Waals surface area contributed by atoms with Crippen molar-refractivity contribution in [3.8, 4) is 11.6 Å². The van der Waals surface area contributed by atoms with Crippen LogP contribution in [0.5, 0.6) is 0 Å². The fraction of sp³-hybridized carbons (Fsp3) is 0.294. The third-order valence-electron chi connectivity index (χ3n) is 4.04. The van der Waals surface area contributed by atoms with Crippen LogP contribution in [-0.4, -0.2) is 23.6 Å². The molecule has 0 aliphatic carbocycles. The zero-order valence-corrected chi connectivity index (χ0v) is 16.4. The summed E-state index contributed by atoms with van der Waals surface area (Å²) in [6.45, 7) is 7.13. The van der Waals surface area contributed by atoms with Gasteiger partial charge in [-0.2, -0.15) is 0 Å². The molecule has 0 aliphatic rings. The van der Waals surface area contributed by atoms with Crippen molar-refractivity contribution in [3.05, 3.63) is 45.9 Å². The number of rotatable bonds is 5. The van der Waals surface area contributed by atoms with Crippen LogP contribution in [0.4, 0.5) is 5.69 Å². The first kappa shape index (κ1) is 18.5. The second kappa shape index (κ2) is 6.77. The van der Waals surface area contributed by atoms with E-state index in [4.69, 9.17) is 16.0 Å². The van der Waals surface area contributed by atoms with Crippen LogP contribution >= 0.6 is 11.6 Å². The molecule has 2 N–H and O–H groups in total. The van der Waals surface area contributed by atoms with Gasteiger partial charge in [-0.3, -0.25) is 4.72 Å². The van der Waals surface area contributed by atoms with E-state index in [1.165, 1.54) is 0 Å². The number of aromatic nitrogens is 3. The molecular weight excluding hydrogens is 376 g/mol. The lowest BCUT2D eigenvalue weighted by Gasteiger charge is -2.10. The molecular formula is C17H19ClN4O3S. The van der Waals surface area contributed by atoms with Gasteiger partial charge in [0.05, 0.1) is 5.69 Å². The minimum absolute atomic E-state index is 0.153. The lowest BCUT2D eigenvalue weighted by molar-refractivity contribution is 0.511. The second-order valence-electron chi connectivity index (χ2n) is 6.00. The van der Waals surface area contributed by atoms with Crippen LogP contribution in [0.2, 0.25) is 5.02 Å². The first-order valence-electron chi connectivity index (χ1n) is 8.03. The number of H-pyrrole nitrogens is 1. The molecule has 0 aliphatic heterocycles. The molecule has 0 amide bonds. The third kappa shape index (κ3) is 3.34. The summed E-state index contributed by atoms with van der Waals surface area (Å²) in [6.07, 6.45) is 0.604. The molecule has 9 heteroatoms. The van der Waals surface area contributed by atoms with Crippen molar-refractivity contribution in [2.24, 2.45) is 0 Å². The zero-order chi connectivity index (χ0) is 19.1. The average Bonchev–Trinajstić information content (AvgIpc) is 3.15. The molecule has 0 spiro atoms. The normalized spacial score (nSPS) is 11.7. The van der Waals surface area contributed by atoms with Crippen LogP contribution < -0.4 is 4.72 Å². The van der Waals surface area contributed by atoms with Gasteiger partial charge >= 0.3 is 0 Å². The van der Waals surface area contributed by atoms with Crippen molar-refractivity contribution in [1.29, 1.82) is 0 Å². The molecule has 0 unspecified atom stereocenters. The predicted octanol–water partition coefficient (Wildman–Crippen LogP) is 4.01. The van der Waals surface area contributed by atoms with E-state index in [-0.39, 0.29) is 10.8 Å². The van der Waals surface area contributed by atoms with Crippen LogP contribution in [0.1, 0.15) is 29.6 Å². The van der Waals surface area contributed by atoms with E-state index >= 15 is 0 Å². The molecule has 0 fully saturated rings. The van der Waals surface area contributed by atoms with Crippen LogP contribution in [0, 0.1) is 20.8 Å². The van der Waals surface area contributed by atoms with Crippen molar-refractivity contribution < 1.29 is 12.8 Å². The van der Waals surface area contributed by atoms with E-state index in [0.717, 1.165) is 5.56 Å². The number of hydrogen-bond acceptors (Lipinski definition) is 5. The van der Waals surface area contributed by atoms with Crippen molar-refractivity contribution >= 4 is 27.3 Å². The molecule has 138 valence electrons. The van der Waals surface area contributed by atoms with E-state index in [1.54, 1.807) is 32.0 Å². The Labute approximate surface area is 156 Å². The van der Waals surface area contributed by atoms with E-state index in [9.17, 15) is 8.42 Å². The molecule has 2 heterocycles. The molecule has 26 heavy (non-hydrogen) atoms. The van der Waals surface area contributed by atoms with Gasteiger partial charge in [0.2, 0.25) is 5.89 Å². The summed E-state index contributed by atoms with van der Waals surface area (Å²) in [7, 11) is -3.82. The van der Waals surface area contributed by atoms with E-state index in [0.29, 0.717) is 40.0 Å². The highest BCUT2D eigenvalue weighted by atomic mass is 35.5. The highest BCUT2D eigenvalue weighted by Crippen LogP contribution is 2.31. The van der Waals surface area contributed by atoms with Gasteiger partial charge in [-0.25, -0.2) is 8.42 Å². The van der Waals surface area contributed by atoms with Gasteiger partial charge in [0, 0.05) is 22.7 Å². The molecule has 0 bridgehead atoms. The second-order valence-corrected chi connectivity index (χ2v) is 8.03. The van der Waals surface area contributed by atoms with Crippen LogP contribution in [-0.2, 0) is 16.4 Å². The predicted molar refractivity (Wildman–Crippen MR) is 99.9 cm³/mol. The number of halogens is 1. The van der Waals surface area contributed by atoms with Gasteiger partial charge in [0.15, 0.2) is 0 Å². The van der Waals surface area contributed by atoms with Gasteiger partial charge in [-0.1, -0.05) is 24.6 Å². The molecule has 0 saturated heterocycles. The van der Waals surface area contributed by atoms with Crippen molar-refractivity contribution in [3.63, 3.8) is 0 Å². The number of aromatic amines is 1. The van der Waals surface area contributed by atoms with Gasteiger partial charge in [-0.15, -0.1) is 10.2 Å². The Kier molecular flexibility index (Phi) is 4.81. The molecule has 0 radical (unpaired) electrons. The first-order chi connectivity index (χ1) is 12.2. The Balaban J connectivity index is 2.01. The van der Waals surface area contributed by atoms with E-state index in [1.807, 2.05) is 13.8 Å². The maximum atomic E-state index is 12.9. The number of aryl methyl sites for hydroxylation is 3. The topological polar surface area (TPSA) is 101 Å². The fourth-order valence-corrected chi connectivity index (χ4v) is 4.39. The van der Waals surface area contributed by atoms with Gasteiger partial charge in [0.1, 0.15) is 10.6 Å². The number of nitrogens with zero attached hydrogens (tertiary/aromatic N) is 2. The monoisotopic (exact) mass is 394 g/mol. The lowest BCUT2D eigenvalue weighted by atomic mass is 10.2. The van der Waals surface area contributed by atoms with Crippen LogP contribution in [0.15, 0.2) is 27.5 Å². The quantitative estimate of drug-likeness (QED) is 0.680. The molecule has 1 aromatic carbocycles.